The van der Waals surface area contributed by atoms with Gasteiger partial charge in [0.05, 0.1) is 23.9 Å². The van der Waals surface area contributed by atoms with Gasteiger partial charge in [-0.2, -0.15) is 0 Å². The van der Waals surface area contributed by atoms with Crippen molar-refractivity contribution in [2.24, 2.45) is 11.8 Å². The van der Waals surface area contributed by atoms with Crippen molar-refractivity contribution in [3.05, 3.63) is 22.0 Å². The van der Waals surface area contributed by atoms with Gasteiger partial charge in [0, 0.05) is 21.3 Å². The minimum Gasteiger partial charge on any atom is -0.348 e. The topological polar surface area (TPSA) is 58.2 Å². The molecule has 0 aromatic carbocycles. The average molecular weight is 308 g/mol. The Labute approximate surface area is 126 Å². The first kappa shape index (κ1) is 12.8. The number of thioether (sulfide) groups is 2. The van der Waals surface area contributed by atoms with Gasteiger partial charge < -0.3 is 10.6 Å². The van der Waals surface area contributed by atoms with Crippen LogP contribution in [0.15, 0.2) is 22.0 Å². The normalized spacial score (nSPS) is 39.4. The van der Waals surface area contributed by atoms with Crippen LogP contribution in [0.5, 0.6) is 0 Å². The second-order valence-corrected chi connectivity index (χ2v) is 7.85. The summed E-state index contributed by atoms with van der Waals surface area (Å²) in [6.45, 7) is 0. The van der Waals surface area contributed by atoms with E-state index >= 15 is 0 Å². The Morgan fingerprint density at radius 2 is 1.30 bits per heavy atom. The summed E-state index contributed by atoms with van der Waals surface area (Å²) in [6, 6.07) is -0.200. The summed E-state index contributed by atoms with van der Waals surface area (Å²) < 4.78 is 0. The molecule has 6 heteroatoms. The number of amides is 2. The van der Waals surface area contributed by atoms with Gasteiger partial charge in [-0.05, 0) is 12.8 Å². The van der Waals surface area contributed by atoms with Crippen molar-refractivity contribution < 1.29 is 9.59 Å². The van der Waals surface area contributed by atoms with Crippen LogP contribution in [0.2, 0.25) is 0 Å². The van der Waals surface area contributed by atoms with Crippen LogP contribution in [0, 0.1) is 11.8 Å². The molecule has 2 amide bonds. The molecule has 4 aliphatic heterocycles. The summed E-state index contributed by atoms with van der Waals surface area (Å²) in [7, 11) is 0. The van der Waals surface area contributed by atoms with Crippen LogP contribution in [0.4, 0.5) is 0 Å². The standard InChI is InChI=1S/C14H16N2O2S2/c17-13-9-10(12(16-13)8-4-2-6-20-8)14(18)15-11(9)7-3-1-5-19-7/h3-4,9-12H,1-2,5-6H2,(H,15,18)(H,16,17). The lowest BCUT2D eigenvalue weighted by Crippen LogP contribution is -2.39. The molecule has 4 heterocycles. The Kier molecular flexibility index (Phi) is 3.11. The molecule has 0 radical (unpaired) electrons. The van der Waals surface area contributed by atoms with Crippen LogP contribution in [0.25, 0.3) is 0 Å². The third-order valence-corrected chi connectivity index (χ3v) is 6.77. The molecule has 0 aromatic rings. The number of allylic oxidation sites excluding steroid dienone is 2. The van der Waals surface area contributed by atoms with Crippen LogP contribution >= 0.6 is 23.5 Å². The highest BCUT2D eigenvalue weighted by Crippen LogP contribution is 2.44. The number of fused-ring (bicyclic) bond motifs is 1. The van der Waals surface area contributed by atoms with Crippen LogP contribution in [-0.4, -0.2) is 35.4 Å². The van der Waals surface area contributed by atoms with E-state index in [9.17, 15) is 9.59 Å². The molecule has 0 bridgehead atoms. The monoisotopic (exact) mass is 308 g/mol. The van der Waals surface area contributed by atoms with E-state index in [-0.39, 0.29) is 35.7 Å². The number of nitrogens with one attached hydrogen (secondary N) is 2. The number of rotatable bonds is 2. The molecule has 20 heavy (non-hydrogen) atoms. The Bertz CT molecular complexity index is 495. The zero-order valence-corrected chi connectivity index (χ0v) is 12.6. The molecule has 106 valence electrons. The van der Waals surface area contributed by atoms with Crippen molar-refractivity contribution in [3.8, 4) is 0 Å². The van der Waals surface area contributed by atoms with E-state index in [0.29, 0.717) is 0 Å². The van der Waals surface area contributed by atoms with Crippen LogP contribution in [0.3, 0.4) is 0 Å². The largest absolute Gasteiger partial charge is 0.348 e. The molecule has 4 nitrogen and oxygen atoms in total. The quantitative estimate of drug-likeness (QED) is 0.806. The molecule has 2 N–H and O–H groups in total. The SMILES string of the molecule is O=C1NC(C2=CCCS2)C2C(=O)NC(C3=CCCS3)C12. The fourth-order valence-corrected chi connectivity index (χ4v) is 5.71. The highest BCUT2D eigenvalue weighted by molar-refractivity contribution is 8.03. The minimum atomic E-state index is -0.230. The van der Waals surface area contributed by atoms with E-state index in [1.165, 1.54) is 9.81 Å². The van der Waals surface area contributed by atoms with Crippen molar-refractivity contribution in [2.45, 2.75) is 24.9 Å². The van der Waals surface area contributed by atoms with Crippen LogP contribution in [0.1, 0.15) is 12.8 Å². The predicted octanol–water partition coefficient (Wildman–Crippen LogP) is 1.26. The van der Waals surface area contributed by atoms with Gasteiger partial charge in [0.1, 0.15) is 0 Å². The minimum absolute atomic E-state index is 0.0325. The molecule has 0 saturated carbocycles. The van der Waals surface area contributed by atoms with E-state index in [1.807, 2.05) is 0 Å². The van der Waals surface area contributed by atoms with Gasteiger partial charge in [0.25, 0.3) is 0 Å². The molecule has 4 unspecified atom stereocenters. The Morgan fingerprint density at radius 1 is 0.850 bits per heavy atom. The fourth-order valence-electron chi connectivity index (χ4n) is 3.53. The Balaban J connectivity index is 1.65. The van der Waals surface area contributed by atoms with Crippen molar-refractivity contribution in [1.29, 1.82) is 0 Å². The second-order valence-electron chi connectivity index (χ2n) is 5.51. The molecule has 0 aromatic heterocycles. The zero-order valence-electron chi connectivity index (χ0n) is 10.9. The van der Waals surface area contributed by atoms with Gasteiger partial charge >= 0.3 is 0 Å². The van der Waals surface area contributed by atoms with Gasteiger partial charge in [0.15, 0.2) is 0 Å². The number of hydrogen-bond donors (Lipinski definition) is 2. The molecule has 2 saturated heterocycles. The van der Waals surface area contributed by atoms with Gasteiger partial charge in [-0.1, -0.05) is 12.2 Å². The maximum atomic E-state index is 12.4. The maximum Gasteiger partial charge on any atom is 0.226 e. The van der Waals surface area contributed by atoms with E-state index in [0.717, 1.165) is 24.3 Å². The predicted molar refractivity (Wildman–Crippen MR) is 81.2 cm³/mol. The third kappa shape index (κ3) is 1.84. The zero-order chi connectivity index (χ0) is 13.7. The van der Waals surface area contributed by atoms with E-state index in [1.54, 1.807) is 23.5 Å². The lowest BCUT2D eigenvalue weighted by molar-refractivity contribution is -0.125. The third-order valence-electron chi connectivity index (χ3n) is 4.38. The first-order chi connectivity index (χ1) is 9.75. The van der Waals surface area contributed by atoms with Crippen molar-refractivity contribution in [3.63, 3.8) is 0 Å². The van der Waals surface area contributed by atoms with Gasteiger partial charge in [-0.3, -0.25) is 9.59 Å². The lowest BCUT2D eigenvalue weighted by Gasteiger charge is -2.16. The average Bonchev–Trinajstić information content (AvgIpc) is 3.17. The summed E-state index contributed by atoms with van der Waals surface area (Å²) in [5.41, 5.74) is 0. The number of carbonyl (C=O) groups excluding carboxylic acids is 2. The first-order valence-corrected chi connectivity index (χ1v) is 8.99. The van der Waals surface area contributed by atoms with E-state index in [2.05, 4.69) is 22.8 Å². The summed E-state index contributed by atoms with van der Waals surface area (Å²) in [5.74, 6) is 1.73. The lowest BCUT2D eigenvalue weighted by atomic mass is 9.88. The van der Waals surface area contributed by atoms with Gasteiger partial charge in [0.2, 0.25) is 11.8 Å². The summed E-state index contributed by atoms with van der Waals surface area (Å²) in [6.07, 6.45) is 6.41. The summed E-state index contributed by atoms with van der Waals surface area (Å²) >= 11 is 3.55. The number of hydrogen-bond acceptors (Lipinski definition) is 4. The molecular weight excluding hydrogens is 292 g/mol. The Hall–Kier alpha value is -0.880. The summed E-state index contributed by atoms with van der Waals surface area (Å²) in [4.78, 5) is 27.1. The van der Waals surface area contributed by atoms with Gasteiger partial charge in [-0.25, -0.2) is 0 Å². The highest BCUT2D eigenvalue weighted by Gasteiger charge is 2.57. The van der Waals surface area contributed by atoms with E-state index < -0.39 is 0 Å². The molecular formula is C14H16N2O2S2. The second kappa shape index (κ2) is 4.84. The van der Waals surface area contributed by atoms with Crippen LogP contribution < -0.4 is 10.6 Å². The maximum absolute atomic E-state index is 12.4. The smallest absolute Gasteiger partial charge is 0.226 e. The first-order valence-electron chi connectivity index (χ1n) is 7.02. The molecule has 4 aliphatic rings. The van der Waals surface area contributed by atoms with Crippen molar-refractivity contribution in [1.82, 2.24) is 10.6 Å². The van der Waals surface area contributed by atoms with Crippen molar-refractivity contribution >= 4 is 35.3 Å². The highest BCUT2D eigenvalue weighted by atomic mass is 32.2. The molecule has 2 fully saturated rings. The molecule has 0 aliphatic carbocycles. The molecule has 4 atom stereocenters. The molecule has 4 rings (SSSR count). The van der Waals surface area contributed by atoms with E-state index in [4.69, 9.17) is 0 Å². The summed E-state index contributed by atoms with van der Waals surface area (Å²) in [5, 5.41) is 6.11. The van der Waals surface area contributed by atoms with Crippen molar-refractivity contribution in [2.75, 3.05) is 11.5 Å². The molecule has 0 spiro atoms. The Morgan fingerprint density at radius 3 is 1.65 bits per heavy atom. The number of carbonyl (C=O) groups is 2. The van der Waals surface area contributed by atoms with Crippen LogP contribution in [-0.2, 0) is 9.59 Å². The van der Waals surface area contributed by atoms with Gasteiger partial charge in [-0.15, -0.1) is 23.5 Å². The fraction of sp³-hybridized carbons (Fsp3) is 0.571.